The molecule has 2 aliphatic heterocycles. The molecule has 0 amide bonds. The van der Waals surface area contributed by atoms with Gasteiger partial charge in [0.2, 0.25) is 5.95 Å². The maximum absolute atomic E-state index is 15.0. The number of aryl methyl sites for hydroxylation is 1. The third-order valence-electron chi connectivity index (χ3n) is 5.69. The van der Waals surface area contributed by atoms with Crippen molar-refractivity contribution in [3.8, 4) is 17.0 Å². The summed E-state index contributed by atoms with van der Waals surface area (Å²) in [5, 5.41) is 13.5. The SMILES string of the molecule is C=C[C@@H]1COc2c(-c3nc(N[C@@H]4CCOC[C@H]4O)ncc3Cl)cc(F)c3nc(C)n1c23. The summed E-state index contributed by atoms with van der Waals surface area (Å²) in [6, 6.07) is 0.929. The van der Waals surface area contributed by atoms with Gasteiger partial charge in [0.05, 0.1) is 41.7 Å². The van der Waals surface area contributed by atoms with E-state index in [1.54, 1.807) is 6.08 Å². The van der Waals surface area contributed by atoms with E-state index in [9.17, 15) is 5.11 Å². The lowest BCUT2D eigenvalue weighted by molar-refractivity contribution is -0.0136. The summed E-state index contributed by atoms with van der Waals surface area (Å²) in [7, 11) is 0. The number of benzene rings is 1. The molecule has 2 aliphatic rings. The number of hydrogen-bond donors (Lipinski definition) is 2. The second kappa shape index (κ2) is 7.74. The fourth-order valence-corrected chi connectivity index (χ4v) is 4.34. The van der Waals surface area contributed by atoms with Crippen molar-refractivity contribution in [2.24, 2.45) is 0 Å². The molecule has 3 atom stereocenters. The van der Waals surface area contributed by atoms with Crippen LogP contribution in [-0.2, 0) is 4.74 Å². The molecule has 31 heavy (non-hydrogen) atoms. The highest BCUT2D eigenvalue weighted by atomic mass is 35.5. The molecular formula is C21H21ClFN5O3. The number of aromatic nitrogens is 4. The molecule has 2 N–H and O–H groups in total. The monoisotopic (exact) mass is 445 g/mol. The Morgan fingerprint density at radius 1 is 1.39 bits per heavy atom. The van der Waals surface area contributed by atoms with E-state index in [0.717, 1.165) is 0 Å². The van der Waals surface area contributed by atoms with Gasteiger partial charge in [-0.3, -0.25) is 0 Å². The minimum Gasteiger partial charge on any atom is -0.488 e. The lowest BCUT2D eigenvalue weighted by Crippen LogP contribution is -2.42. The Morgan fingerprint density at radius 3 is 3.00 bits per heavy atom. The molecule has 0 radical (unpaired) electrons. The minimum absolute atomic E-state index is 0.153. The maximum atomic E-state index is 15.0. The second-order valence-electron chi connectivity index (χ2n) is 7.65. The van der Waals surface area contributed by atoms with Crippen molar-refractivity contribution in [2.75, 3.05) is 25.1 Å². The second-order valence-corrected chi connectivity index (χ2v) is 8.05. The van der Waals surface area contributed by atoms with Crippen LogP contribution >= 0.6 is 11.6 Å². The van der Waals surface area contributed by atoms with E-state index < -0.39 is 11.9 Å². The Morgan fingerprint density at radius 2 is 2.23 bits per heavy atom. The molecule has 1 aromatic carbocycles. The first kappa shape index (κ1) is 20.2. The summed E-state index contributed by atoms with van der Waals surface area (Å²) in [6.45, 7) is 6.79. The van der Waals surface area contributed by atoms with Gasteiger partial charge in [-0.1, -0.05) is 17.7 Å². The van der Waals surface area contributed by atoms with Gasteiger partial charge in [-0.15, -0.1) is 6.58 Å². The Balaban J connectivity index is 1.63. The van der Waals surface area contributed by atoms with E-state index in [1.165, 1.54) is 12.3 Å². The third kappa shape index (κ3) is 3.33. The largest absolute Gasteiger partial charge is 0.488 e. The molecule has 3 aromatic rings. The lowest BCUT2D eigenvalue weighted by Gasteiger charge is -2.28. The van der Waals surface area contributed by atoms with Crippen molar-refractivity contribution >= 4 is 28.6 Å². The first-order chi connectivity index (χ1) is 15.0. The maximum Gasteiger partial charge on any atom is 0.223 e. The van der Waals surface area contributed by atoms with Crippen LogP contribution in [0.1, 0.15) is 18.3 Å². The minimum atomic E-state index is -0.678. The number of nitrogens with zero attached hydrogens (tertiary/aromatic N) is 4. The normalized spacial score (nSPS) is 22.9. The molecule has 162 valence electrons. The smallest absolute Gasteiger partial charge is 0.223 e. The van der Waals surface area contributed by atoms with E-state index in [1.807, 2.05) is 11.5 Å². The molecule has 1 fully saturated rings. The van der Waals surface area contributed by atoms with Crippen molar-refractivity contribution in [1.29, 1.82) is 0 Å². The van der Waals surface area contributed by atoms with Crippen LogP contribution in [0.4, 0.5) is 10.3 Å². The van der Waals surface area contributed by atoms with E-state index in [4.69, 9.17) is 21.1 Å². The predicted octanol–water partition coefficient (Wildman–Crippen LogP) is 3.28. The van der Waals surface area contributed by atoms with Gasteiger partial charge < -0.3 is 24.5 Å². The van der Waals surface area contributed by atoms with E-state index >= 15 is 4.39 Å². The molecule has 0 aliphatic carbocycles. The van der Waals surface area contributed by atoms with E-state index in [-0.39, 0.29) is 35.2 Å². The van der Waals surface area contributed by atoms with Crippen molar-refractivity contribution in [1.82, 2.24) is 19.5 Å². The Hall–Kier alpha value is -2.75. The van der Waals surface area contributed by atoms with Gasteiger partial charge in [-0.25, -0.2) is 19.3 Å². The van der Waals surface area contributed by atoms with Crippen LogP contribution in [0.15, 0.2) is 24.9 Å². The van der Waals surface area contributed by atoms with Crippen molar-refractivity contribution < 1.29 is 19.0 Å². The molecular weight excluding hydrogens is 425 g/mol. The topological polar surface area (TPSA) is 94.3 Å². The van der Waals surface area contributed by atoms with Crippen molar-refractivity contribution in [3.05, 3.63) is 41.6 Å². The number of aliphatic hydroxyl groups is 1. The third-order valence-corrected chi connectivity index (χ3v) is 5.96. The van der Waals surface area contributed by atoms with Crippen LogP contribution in [0, 0.1) is 12.7 Å². The number of halogens is 2. The van der Waals surface area contributed by atoms with E-state index in [0.29, 0.717) is 48.0 Å². The average Bonchev–Trinajstić information content (AvgIpc) is 3.12. The summed E-state index contributed by atoms with van der Waals surface area (Å²) in [6.07, 6.45) is 3.13. The zero-order chi connectivity index (χ0) is 21.7. The van der Waals surface area contributed by atoms with E-state index in [2.05, 4.69) is 26.8 Å². The Kier molecular flexibility index (Phi) is 5.04. The number of imidazole rings is 1. The van der Waals surface area contributed by atoms with Crippen LogP contribution in [0.5, 0.6) is 5.75 Å². The number of rotatable bonds is 4. The molecule has 1 saturated heterocycles. The van der Waals surface area contributed by atoms with Gasteiger partial charge in [0.1, 0.15) is 23.5 Å². The lowest BCUT2D eigenvalue weighted by atomic mass is 10.1. The molecule has 10 heteroatoms. The molecule has 4 heterocycles. The first-order valence-corrected chi connectivity index (χ1v) is 10.4. The van der Waals surface area contributed by atoms with Crippen molar-refractivity contribution in [2.45, 2.75) is 31.5 Å². The zero-order valence-electron chi connectivity index (χ0n) is 16.8. The summed E-state index contributed by atoms with van der Waals surface area (Å²) >= 11 is 6.41. The Labute approximate surface area is 182 Å². The summed E-state index contributed by atoms with van der Waals surface area (Å²) in [4.78, 5) is 13.1. The van der Waals surface area contributed by atoms with Gasteiger partial charge in [0.15, 0.2) is 11.6 Å². The van der Waals surface area contributed by atoms with Crippen LogP contribution in [0.25, 0.3) is 22.3 Å². The predicted molar refractivity (Wildman–Crippen MR) is 114 cm³/mol. The number of hydrogen-bond acceptors (Lipinski definition) is 7. The van der Waals surface area contributed by atoms with Crippen LogP contribution in [0.2, 0.25) is 5.02 Å². The van der Waals surface area contributed by atoms with Crippen LogP contribution in [-0.4, -0.2) is 56.6 Å². The van der Waals surface area contributed by atoms with Gasteiger partial charge in [0.25, 0.3) is 0 Å². The summed E-state index contributed by atoms with van der Waals surface area (Å²) in [5.41, 5.74) is 1.53. The fraction of sp³-hybridized carbons (Fsp3) is 0.381. The van der Waals surface area contributed by atoms with Gasteiger partial charge in [-0.05, 0) is 19.4 Å². The zero-order valence-corrected chi connectivity index (χ0v) is 17.6. The highest BCUT2D eigenvalue weighted by Gasteiger charge is 2.30. The molecule has 0 unspecified atom stereocenters. The van der Waals surface area contributed by atoms with Crippen LogP contribution in [0.3, 0.4) is 0 Å². The number of nitrogens with one attached hydrogen (secondary N) is 1. The quantitative estimate of drug-likeness (QED) is 0.595. The number of aliphatic hydroxyl groups excluding tert-OH is 1. The van der Waals surface area contributed by atoms with Crippen LogP contribution < -0.4 is 10.1 Å². The number of ether oxygens (including phenoxy) is 2. The molecule has 8 nitrogen and oxygen atoms in total. The van der Waals surface area contributed by atoms with Crippen molar-refractivity contribution in [3.63, 3.8) is 0 Å². The van der Waals surface area contributed by atoms with Gasteiger partial charge in [-0.2, -0.15) is 0 Å². The summed E-state index contributed by atoms with van der Waals surface area (Å²) in [5.74, 6) is 0.924. The molecule has 0 saturated carbocycles. The molecule has 2 aromatic heterocycles. The average molecular weight is 446 g/mol. The highest BCUT2D eigenvalue weighted by Crippen LogP contribution is 2.44. The molecule has 0 spiro atoms. The Bertz CT molecular complexity index is 1180. The van der Waals surface area contributed by atoms with Gasteiger partial charge in [0, 0.05) is 12.2 Å². The summed E-state index contributed by atoms with van der Waals surface area (Å²) < 4.78 is 28.2. The molecule has 5 rings (SSSR count). The van der Waals surface area contributed by atoms with Gasteiger partial charge >= 0.3 is 0 Å². The molecule has 0 bridgehead atoms. The first-order valence-electron chi connectivity index (χ1n) is 9.99. The highest BCUT2D eigenvalue weighted by molar-refractivity contribution is 6.33. The standard InChI is InChI=1S/C21H21ClFN5O3/c1-3-11-8-31-20-12(6-14(23)18-19(20)28(11)10(2)25-18)17-13(22)7-24-21(27-17)26-15-4-5-30-9-16(15)29/h3,6-7,11,15-16,29H,1,4-5,8-9H2,2H3,(H,24,26,27)/t11-,15-,16-/m1/s1. The fourth-order valence-electron chi connectivity index (χ4n) is 4.14. The number of anilines is 1.